The van der Waals surface area contributed by atoms with Crippen molar-refractivity contribution in [1.29, 1.82) is 0 Å². The molecular formula is C10H13N5O3. The lowest BCUT2D eigenvalue weighted by Crippen LogP contribution is -2.27. The lowest BCUT2D eigenvalue weighted by Gasteiger charge is -2.18. The van der Waals surface area contributed by atoms with Crippen LogP contribution >= 0.6 is 0 Å². The third-order valence-corrected chi connectivity index (χ3v) is 2.68. The quantitative estimate of drug-likeness (QED) is 0.619. The predicted molar refractivity (Wildman–Crippen MR) is 65.7 cm³/mol. The molecule has 0 saturated carbocycles. The Labute approximate surface area is 103 Å². The number of rotatable bonds is 5. The van der Waals surface area contributed by atoms with E-state index in [1.807, 2.05) is 19.0 Å². The highest BCUT2D eigenvalue weighted by atomic mass is 16.6. The second kappa shape index (κ2) is 4.96. The van der Waals surface area contributed by atoms with E-state index in [4.69, 9.17) is 0 Å². The van der Waals surface area contributed by atoms with Gasteiger partial charge in [0.25, 0.3) is 0 Å². The number of nitrogens with one attached hydrogen (secondary N) is 1. The summed E-state index contributed by atoms with van der Waals surface area (Å²) in [6.45, 7) is 1.54. The number of likely N-dealkylation sites (N-methyl/N-ethyl adjacent to an activating group) is 2. The van der Waals surface area contributed by atoms with Gasteiger partial charge in [0, 0.05) is 26.2 Å². The second-order valence-electron chi connectivity index (χ2n) is 3.85. The summed E-state index contributed by atoms with van der Waals surface area (Å²) in [7, 11) is 3.74. The van der Waals surface area contributed by atoms with Gasteiger partial charge >= 0.3 is 5.69 Å². The molecule has 1 N–H and O–H groups in total. The van der Waals surface area contributed by atoms with Crippen molar-refractivity contribution in [3.63, 3.8) is 0 Å². The smallest absolute Gasteiger partial charge is 0.300 e. The molecule has 0 aliphatic heterocycles. The van der Waals surface area contributed by atoms with E-state index in [1.165, 1.54) is 6.07 Å². The zero-order chi connectivity index (χ0) is 13.1. The number of anilines is 1. The van der Waals surface area contributed by atoms with Crippen molar-refractivity contribution >= 4 is 22.4 Å². The molecule has 18 heavy (non-hydrogen) atoms. The Morgan fingerprint density at radius 3 is 2.83 bits per heavy atom. The molecule has 2 rings (SSSR count). The zero-order valence-electron chi connectivity index (χ0n) is 10.1. The minimum absolute atomic E-state index is 0.1000. The van der Waals surface area contributed by atoms with Crippen LogP contribution < -0.4 is 10.2 Å². The lowest BCUT2D eigenvalue weighted by molar-refractivity contribution is -0.383. The Bertz CT molecular complexity index is 568. The fourth-order valence-electron chi connectivity index (χ4n) is 1.70. The molecule has 8 heteroatoms. The van der Waals surface area contributed by atoms with E-state index in [9.17, 15) is 10.1 Å². The second-order valence-corrected chi connectivity index (χ2v) is 3.85. The molecule has 0 unspecified atom stereocenters. The van der Waals surface area contributed by atoms with Gasteiger partial charge in [-0.1, -0.05) is 0 Å². The number of aromatic nitrogens is 2. The minimum Gasteiger partial charge on any atom is -0.371 e. The Kier molecular flexibility index (Phi) is 3.38. The van der Waals surface area contributed by atoms with Crippen molar-refractivity contribution in [2.24, 2.45) is 0 Å². The van der Waals surface area contributed by atoms with Crippen molar-refractivity contribution in [3.05, 3.63) is 22.2 Å². The predicted octanol–water partition coefficient (Wildman–Crippen LogP) is 0.787. The van der Waals surface area contributed by atoms with Crippen molar-refractivity contribution < 1.29 is 9.55 Å². The van der Waals surface area contributed by atoms with E-state index in [2.05, 4.69) is 20.3 Å². The molecular weight excluding hydrogens is 238 g/mol. The molecule has 1 heterocycles. The van der Waals surface area contributed by atoms with Crippen LogP contribution in [-0.4, -0.2) is 42.4 Å². The van der Waals surface area contributed by atoms with Gasteiger partial charge in [-0.05, 0) is 23.4 Å². The molecule has 96 valence electrons. The third-order valence-electron chi connectivity index (χ3n) is 2.68. The summed E-state index contributed by atoms with van der Waals surface area (Å²) in [6.07, 6.45) is 0. The van der Waals surface area contributed by atoms with Crippen molar-refractivity contribution in [3.8, 4) is 0 Å². The van der Waals surface area contributed by atoms with Crippen LogP contribution in [0, 0.1) is 10.1 Å². The van der Waals surface area contributed by atoms with Crippen LogP contribution in [0.15, 0.2) is 16.8 Å². The summed E-state index contributed by atoms with van der Waals surface area (Å²) in [5.41, 5.74) is 1.24. The van der Waals surface area contributed by atoms with Gasteiger partial charge in [0.1, 0.15) is 0 Å². The van der Waals surface area contributed by atoms with Crippen LogP contribution in [0.4, 0.5) is 11.4 Å². The molecule has 1 aromatic heterocycles. The van der Waals surface area contributed by atoms with E-state index < -0.39 is 4.92 Å². The first-order chi connectivity index (χ1) is 8.65. The van der Waals surface area contributed by atoms with Gasteiger partial charge in [-0.15, -0.1) is 0 Å². The summed E-state index contributed by atoms with van der Waals surface area (Å²) < 4.78 is 4.60. The van der Waals surface area contributed by atoms with Crippen LogP contribution in [0.3, 0.4) is 0 Å². The van der Waals surface area contributed by atoms with Gasteiger partial charge in [0.15, 0.2) is 5.52 Å². The average Bonchev–Trinajstić information content (AvgIpc) is 2.83. The highest BCUT2D eigenvalue weighted by Crippen LogP contribution is 2.30. The molecule has 0 bridgehead atoms. The van der Waals surface area contributed by atoms with Crippen molar-refractivity contribution in [2.75, 3.05) is 32.1 Å². The Balaban J connectivity index is 2.44. The highest BCUT2D eigenvalue weighted by Gasteiger charge is 2.20. The van der Waals surface area contributed by atoms with Gasteiger partial charge in [-0.25, -0.2) is 4.63 Å². The van der Waals surface area contributed by atoms with Crippen LogP contribution in [0.5, 0.6) is 0 Å². The third kappa shape index (κ3) is 2.09. The number of fused-ring (bicyclic) bond motifs is 1. The van der Waals surface area contributed by atoms with Crippen molar-refractivity contribution in [1.82, 2.24) is 15.6 Å². The maximum absolute atomic E-state index is 10.8. The van der Waals surface area contributed by atoms with Gasteiger partial charge in [-0.2, -0.15) is 0 Å². The summed E-state index contributed by atoms with van der Waals surface area (Å²) in [5, 5.41) is 21.2. The SMILES string of the molecule is CNCCN(C)c1ccc([N+](=O)[O-])c2nonc12. The van der Waals surface area contributed by atoms with Crippen molar-refractivity contribution in [2.45, 2.75) is 0 Å². The van der Waals surface area contributed by atoms with E-state index in [1.54, 1.807) is 6.07 Å². The molecule has 0 atom stereocenters. The molecule has 2 aromatic rings. The standard InChI is InChI=1S/C10H13N5O3/c1-11-5-6-14(2)7-3-4-8(15(16)17)10-9(7)12-18-13-10/h3-4,11H,5-6H2,1-2H3. The topological polar surface area (TPSA) is 97.3 Å². The van der Waals surface area contributed by atoms with Gasteiger partial charge < -0.3 is 10.2 Å². The molecule has 0 amide bonds. The molecule has 0 radical (unpaired) electrons. The lowest BCUT2D eigenvalue weighted by atomic mass is 10.2. The Morgan fingerprint density at radius 2 is 2.17 bits per heavy atom. The number of nitro groups is 1. The average molecular weight is 251 g/mol. The number of nitro benzene ring substituents is 1. The first-order valence-electron chi connectivity index (χ1n) is 5.40. The van der Waals surface area contributed by atoms with E-state index in [0.29, 0.717) is 5.52 Å². The Hall–Kier alpha value is -2.22. The fraction of sp³-hybridized carbons (Fsp3) is 0.400. The van der Waals surface area contributed by atoms with E-state index >= 15 is 0 Å². The molecule has 0 saturated heterocycles. The normalized spacial score (nSPS) is 10.8. The van der Waals surface area contributed by atoms with Gasteiger partial charge in [0.05, 0.1) is 10.6 Å². The van der Waals surface area contributed by atoms with Gasteiger partial charge in [0.2, 0.25) is 5.52 Å². The van der Waals surface area contributed by atoms with Crippen LogP contribution in [-0.2, 0) is 0 Å². The zero-order valence-corrected chi connectivity index (χ0v) is 10.1. The maximum Gasteiger partial charge on any atom is 0.300 e. The highest BCUT2D eigenvalue weighted by molar-refractivity contribution is 5.93. The van der Waals surface area contributed by atoms with E-state index in [0.717, 1.165) is 18.8 Å². The van der Waals surface area contributed by atoms with E-state index in [-0.39, 0.29) is 11.2 Å². The molecule has 8 nitrogen and oxygen atoms in total. The van der Waals surface area contributed by atoms with Crippen LogP contribution in [0.2, 0.25) is 0 Å². The molecule has 0 spiro atoms. The van der Waals surface area contributed by atoms with Gasteiger partial charge in [-0.3, -0.25) is 10.1 Å². The van der Waals surface area contributed by atoms with Crippen LogP contribution in [0.1, 0.15) is 0 Å². The minimum atomic E-state index is -0.496. The first kappa shape index (κ1) is 12.2. The maximum atomic E-state index is 10.8. The number of hydrogen-bond acceptors (Lipinski definition) is 7. The van der Waals surface area contributed by atoms with Crippen LogP contribution in [0.25, 0.3) is 11.0 Å². The fourth-order valence-corrected chi connectivity index (χ4v) is 1.70. The summed E-state index contributed by atoms with van der Waals surface area (Å²) >= 11 is 0. The summed E-state index contributed by atoms with van der Waals surface area (Å²) in [4.78, 5) is 12.3. The number of hydrogen-bond donors (Lipinski definition) is 1. The number of non-ortho nitro benzene ring substituents is 1. The number of benzene rings is 1. The summed E-state index contributed by atoms with van der Waals surface area (Å²) in [5.74, 6) is 0. The summed E-state index contributed by atoms with van der Waals surface area (Å²) in [6, 6.07) is 3.07. The largest absolute Gasteiger partial charge is 0.371 e. The molecule has 0 aliphatic rings. The first-order valence-corrected chi connectivity index (χ1v) is 5.40. The monoisotopic (exact) mass is 251 g/mol. The molecule has 0 fully saturated rings. The molecule has 1 aromatic carbocycles. The molecule has 0 aliphatic carbocycles. The Morgan fingerprint density at radius 1 is 1.44 bits per heavy atom. The number of nitrogens with zero attached hydrogens (tertiary/aromatic N) is 4.